The Morgan fingerprint density at radius 1 is 0.857 bits per heavy atom. The first-order valence-corrected chi connectivity index (χ1v) is 4.00. The molecule has 0 unspecified atom stereocenters. The topological polar surface area (TPSA) is 66.2 Å². The molecule has 1 heterocycles. The first-order chi connectivity index (χ1) is 6.79. The highest BCUT2D eigenvalue weighted by Gasteiger charge is 1.78. The Balaban J connectivity index is 0.000000140. The molecular weight excluding hydrogens is 180 g/mol. The standard InChI is InChI=1S/C6H6O.C4H4N2O/c7-6-4-2-1-3-5-6;7-4-2-1-3-5-6-4/h1-5,7H;1-3H,(H,6,7). The summed E-state index contributed by atoms with van der Waals surface area (Å²) in [6.07, 6.45) is 1.50. The molecule has 1 aromatic heterocycles. The zero-order valence-corrected chi connectivity index (χ0v) is 7.41. The molecule has 0 amide bonds. The van der Waals surface area contributed by atoms with Crippen LogP contribution in [0.2, 0.25) is 0 Å². The Morgan fingerprint density at radius 2 is 1.57 bits per heavy atom. The van der Waals surface area contributed by atoms with Crippen LogP contribution in [-0.2, 0) is 0 Å². The van der Waals surface area contributed by atoms with E-state index in [9.17, 15) is 0 Å². The molecule has 2 N–H and O–H groups in total. The van der Waals surface area contributed by atoms with E-state index in [-0.39, 0.29) is 5.88 Å². The largest absolute Gasteiger partial charge is 0.508 e. The summed E-state index contributed by atoms with van der Waals surface area (Å²) in [6, 6.07) is 11.8. The zero-order chi connectivity index (χ0) is 10.2. The fourth-order valence-electron chi connectivity index (χ4n) is 0.721. The minimum Gasteiger partial charge on any atom is -0.508 e. The third-order valence-electron chi connectivity index (χ3n) is 1.31. The SMILES string of the molecule is Oc1ccccc1.Oc1cccnn1. The molecule has 0 spiro atoms. The lowest BCUT2D eigenvalue weighted by Crippen LogP contribution is -1.74. The number of rotatable bonds is 0. The molecule has 0 aliphatic rings. The van der Waals surface area contributed by atoms with Crippen molar-refractivity contribution in [3.8, 4) is 11.6 Å². The fourth-order valence-corrected chi connectivity index (χ4v) is 0.721. The van der Waals surface area contributed by atoms with Crippen molar-refractivity contribution in [1.29, 1.82) is 0 Å². The van der Waals surface area contributed by atoms with Crippen LogP contribution in [0.4, 0.5) is 0 Å². The number of nitrogens with zero attached hydrogens (tertiary/aromatic N) is 2. The Morgan fingerprint density at radius 3 is 1.86 bits per heavy atom. The van der Waals surface area contributed by atoms with Gasteiger partial charge in [0.2, 0.25) is 5.88 Å². The van der Waals surface area contributed by atoms with Gasteiger partial charge in [0.25, 0.3) is 0 Å². The number of benzene rings is 1. The van der Waals surface area contributed by atoms with E-state index in [2.05, 4.69) is 10.2 Å². The molecule has 2 aromatic rings. The van der Waals surface area contributed by atoms with Crippen LogP contribution >= 0.6 is 0 Å². The average molecular weight is 190 g/mol. The van der Waals surface area contributed by atoms with Gasteiger partial charge < -0.3 is 10.2 Å². The highest BCUT2D eigenvalue weighted by Crippen LogP contribution is 2.02. The maximum Gasteiger partial charge on any atom is 0.230 e. The first-order valence-electron chi connectivity index (χ1n) is 4.00. The number of phenols is 1. The van der Waals surface area contributed by atoms with Crippen molar-refractivity contribution in [3.05, 3.63) is 48.7 Å². The molecule has 14 heavy (non-hydrogen) atoms. The van der Waals surface area contributed by atoms with Crippen LogP contribution in [-0.4, -0.2) is 20.4 Å². The summed E-state index contributed by atoms with van der Waals surface area (Å²) < 4.78 is 0. The van der Waals surface area contributed by atoms with Crippen molar-refractivity contribution >= 4 is 0 Å². The summed E-state index contributed by atoms with van der Waals surface area (Å²) in [6.45, 7) is 0. The normalized spacial score (nSPS) is 8.57. The number of hydrogen-bond acceptors (Lipinski definition) is 4. The Kier molecular flexibility index (Phi) is 3.94. The Bertz CT molecular complexity index is 314. The molecule has 0 radical (unpaired) electrons. The van der Waals surface area contributed by atoms with Crippen LogP contribution < -0.4 is 0 Å². The number of aromatic hydroxyl groups is 2. The van der Waals surface area contributed by atoms with Gasteiger partial charge in [-0.25, -0.2) is 0 Å². The lowest BCUT2D eigenvalue weighted by atomic mass is 10.3. The lowest BCUT2D eigenvalue weighted by Gasteiger charge is -1.82. The van der Waals surface area contributed by atoms with Crippen LogP contribution in [0, 0.1) is 0 Å². The minimum atomic E-state index is -0.0394. The van der Waals surface area contributed by atoms with E-state index < -0.39 is 0 Å². The summed E-state index contributed by atoms with van der Waals surface area (Å²) in [5.74, 6) is 0.282. The molecule has 0 bridgehead atoms. The predicted molar refractivity (Wildman–Crippen MR) is 51.8 cm³/mol. The molecule has 0 fully saturated rings. The highest BCUT2D eigenvalue weighted by molar-refractivity contribution is 5.18. The van der Waals surface area contributed by atoms with Crippen LogP contribution in [0.25, 0.3) is 0 Å². The van der Waals surface area contributed by atoms with E-state index in [1.165, 1.54) is 12.3 Å². The van der Waals surface area contributed by atoms with Gasteiger partial charge in [-0.1, -0.05) is 18.2 Å². The Labute approximate surface area is 81.5 Å². The molecule has 0 saturated carbocycles. The monoisotopic (exact) mass is 190 g/mol. The van der Waals surface area contributed by atoms with Crippen LogP contribution in [0.15, 0.2) is 48.7 Å². The average Bonchev–Trinajstić information content (AvgIpc) is 2.21. The third kappa shape index (κ3) is 4.06. The van der Waals surface area contributed by atoms with Crippen molar-refractivity contribution in [2.45, 2.75) is 0 Å². The lowest BCUT2D eigenvalue weighted by molar-refractivity contribution is 0.445. The van der Waals surface area contributed by atoms with Gasteiger partial charge in [-0.3, -0.25) is 0 Å². The zero-order valence-electron chi connectivity index (χ0n) is 7.41. The minimum absolute atomic E-state index is 0.0394. The predicted octanol–water partition coefficient (Wildman–Crippen LogP) is 1.57. The van der Waals surface area contributed by atoms with Crippen molar-refractivity contribution in [3.63, 3.8) is 0 Å². The summed E-state index contributed by atoms with van der Waals surface area (Å²) >= 11 is 0. The van der Waals surface area contributed by atoms with Gasteiger partial charge >= 0.3 is 0 Å². The van der Waals surface area contributed by atoms with Crippen LogP contribution in [0.1, 0.15) is 0 Å². The molecule has 1 aromatic carbocycles. The van der Waals surface area contributed by atoms with Crippen LogP contribution in [0.3, 0.4) is 0 Å². The van der Waals surface area contributed by atoms with Gasteiger partial charge in [-0.2, -0.15) is 5.10 Å². The fraction of sp³-hybridized carbons (Fsp3) is 0. The van der Waals surface area contributed by atoms with E-state index in [1.54, 1.807) is 30.3 Å². The summed E-state index contributed by atoms with van der Waals surface area (Å²) in [5.41, 5.74) is 0. The van der Waals surface area contributed by atoms with E-state index in [0.29, 0.717) is 5.75 Å². The number of hydrogen-bond donors (Lipinski definition) is 2. The highest BCUT2D eigenvalue weighted by atomic mass is 16.3. The quantitative estimate of drug-likeness (QED) is 0.661. The summed E-state index contributed by atoms with van der Waals surface area (Å²) in [7, 11) is 0. The number of phenolic OH excluding ortho intramolecular Hbond substituents is 1. The second-order valence-electron chi connectivity index (χ2n) is 2.42. The molecule has 0 aliphatic carbocycles. The van der Waals surface area contributed by atoms with Gasteiger partial charge in [0.1, 0.15) is 5.75 Å². The van der Waals surface area contributed by atoms with Gasteiger partial charge in [-0.05, 0) is 18.2 Å². The molecule has 72 valence electrons. The molecular formula is C10H10N2O2. The molecule has 0 saturated heterocycles. The maximum atomic E-state index is 8.63. The second-order valence-corrected chi connectivity index (χ2v) is 2.42. The molecule has 0 atom stereocenters. The summed E-state index contributed by atoms with van der Waals surface area (Å²) in [5, 5.41) is 23.8. The van der Waals surface area contributed by atoms with Crippen molar-refractivity contribution in [2.75, 3.05) is 0 Å². The Hall–Kier alpha value is -2.10. The number of para-hydroxylation sites is 1. The molecule has 0 aliphatic heterocycles. The second kappa shape index (κ2) is 5.53. The molecule has 2 rings (SSSR count). The van der Waals surface area contributed by atoms with E-state index in [1.807, 2.05) is 6.07 Å². The smallest absolute Gasteiger partial charge is 0.230 e. The van der Waals surface area contributed by atoms with Gasteiger partial charge in [0.05, 0.1) is 0 Å². The first kappa shape index (κ1) is 9.98. The van der Waals surface area contributed by atoms with E-state index in [0.717, 1.165) is 0 Å². The van der Waals surface area contributed by atoms with Gasteiger partial charge in [-0.15, -0.1) is 5.10 Å². The van der Waals surface area contributed by atoms with Crippen LogP contribution in [0.5, 0.6) is 11.6 Å². The maximum absolute atomic E-state index is 8.63. The molecule has 4 nitrogen and oxygen atoms in total. The van der Waals surface area contributed by atoms with Gasteiger partial charge in [0.15, 0.2) is 0 Å². The third-order valence-corrected chi connectivity index (χ3v) is 1.31. The van der Waals surface area contributed by atoms with Crippen molar-refractivity contribution in [2.24, 2.45) is 0 Å². The van der Waals surface area contributed by atoms with E-state index >= 15 is 0 Å². The van der Waals surface area contributed by atoms with Crippen molar-refractivity contribution < 1.29 is 10.2 Å². The van der Waals surface area contributed by atoms with Gasteiger partial charge in [0, 0.05) is 12.3 Å². The van der Waals surface area contributed by atoms with E-state index in [4.69, 9.17) is 10.2 Å². The molecule has 4 heteroatoms. The summed E-state index contributed by atoms with van der Waals surface area (Å²) in [4.78, 5) is 0. The van der Waals surface area contributed by atoms with Crippen molar-refractivity contribution in [1.82, 2.24) is 10.2 Å². The number of aromatic nitrogens is 2.